The van der Waals surface area contributed by atoms with E-state index in [1.807, 2.05) is 31.3 Å². The predicted octanol–water partition coefficient (Wildman–Crippen LogP) is 3.15. The Morgan fingerprint density at radius 3 is 2.86 bits per heavy atom. The first kappa shape index (κ1) is 15.3. The summed E-state index contributed by atoms with van der Waals surface area (Å²) in [6.07, 6.45) is 4.60. The van der Waals surface area contributed by atoms with Crippen LogP contribution in [0, 0.1) is 0 Å². The molecule has 1 heterocycles. The number of ether oxygens (including phenoxy) is 1. The molecule has 0 aliphatic carbocycles. The van der Waals surface area contributed by atoms with Crippen molar-refractivity contribution in [3.63, 3.8) is 0 Å². The van der Waals surface area contributed by atoms with Gasteiger partial charge in [-0.15, -0.1) is 0 Å². The van der Waals surface area contributed by atoms with Gasteiger partial charge in [-0.1, -0.05) is 19.1 Å². The van der Waals surface area contributed by atoms with Gasteiger partial charge in [0.2, 0.25) is 0 Å². The number of nitrogens with two attached hydrogens (primary N) is 1. The number of pyridine rings is 1. The number of aromatic nitrogens is 1. The second-order valence-electron chi connectivity index (χ2n) is 4.90. The average Bonchev–Trinajstić information content (AvgIpc) is 2.50. The van der Waals surface area contributed by atoms with E-state index in [-0.39, 0.29) is 6.04 Å². The van der Waals surface area contributed by atoms with Gasteiger partial charge < -0.3 is 15.8 Å². The van der Waals surface area contributed by atoms with E-state index in [1.165, 1.54) is 0 Å². The van der Waals surface area contributed by atoms with E-state index < -0.39 is 0 Å². The van der Waals surface area contributed by atoms with Crippen LogP contribution in [0.4, 0.5) is 5.69 Å². The molecule has 2 rings (SSSR count). The molecule has 1 atom stereocenters. The highest BCUT2D eigenvalue weighted by atomic mass is 16.5. The summed E-state index contributed by atoms with van der Waals surface area (Å²) >= 11 is 0. The first-order chi connectivity index (χ1) is 10.3. The van der Waals surface area contributed by atoms with Gasteiger partial charge in [-0.3, -0.25) is 4.98 Å². The van der Waals surface area contributed by atoms with Gasteiger partial charge >= 0.3 is 0 Å². The smallest absolute Gasteiger partial charge is 0.119 e. The number of benzene rings is 1. The Kier molecular flexibility index (Phi) is 5.58. The summed E-state index contributed by atoms with van der Waals surface area (Å²) in [5.74, 6) is 0.876. The molecule has 0 aliphatic heterocycles. The monoisotopic (exact) mass is 285 g/mol. The van der Waals surface area contributed by atoms with E-state index in [2.05, 4.69) is 29.4 Å². The third-order valence-electron chi connectivity index (χ3n) is 3.30. The summed E-state index contributed by atoms with van der Waals surface area (Å²) < 4.78 is 5.59. The van der Waals surface area contributed by atoms with Crippen molar-refractivity contribution < 1.29 is 4.74 Å². The van der Waals surface area contributed by atoms with E-state index in [9.17, 15) is 0 Å². The van der Waals surface area contributed by atoms with Crippen LogP contribution in [0.3, 0.4) is 0 Å². The lowest BCUT2D eigenvalue weighted by Crippen LogP contribution is -2.24. The Balaban J connectivity index is 2.36. The lowest BCUT2D eigenvalue weighted by molar-refractivity contribution is 0.339. The van der Waals surface area contributed by atoms with Crippen molar-refractivity contribution in [3.05, 3.63) is 53.9 Å². The van der Waals surface area contributed by atoms with E-state index in [0.29, 0.717) is 6.61 Å². The summed E-state index contributed by atoms with van der Waals surface area (Å²) in [6, 6.07) is 9.98. The molecule has 1 aromatic carbocycles. The van der Waals surface area contributed by atoms with Crippen LogP contribution < -0.4 is 15.8 Å². The van der Waals surface area contributed by atoms with Crippen LogP contribution in [-0.2, 0) is 0 Å². The molecule has 0 saturated carbocycles. The topological polar surface area (TPSA) is 60.2 Å². The Bertz CT molecular complexity index is 571. The van der Waals surface area contributed by atoms with Crippen molar-refractivity contribution in [1.29, 1.82) is 0 Å². The predicted molar refractivity (Wildman–Crippen MR) is 86.4 cm³/mol. The molecule has 0 amide bonds. The number of hydrogen-bond acceptors (Lipinski definition) is 4. The first-order valence-electron chi connectivity index (χ1n) is 7.41. The normalized spacial score (nSPS) is 12.1. The third kappa shape index (κ3) is 3.95. The Morgan fingerprint density at radius 2 is 2.14 bits per heavy atom. The van der Waals surface area contributed by atoms with Crippen molar-refractivity contribution in [3.8, 4) is 5.75 Å². The van der Waals surface area contributed by atoms with Crippen molar-refractivity contribution >= 4 is 5.69 Å². The van der Waals surface area contributed by atoms with Crippen LogP contribution in [0.2, 0.25) is 0 Å². The molecular weight excluding hydrogens is 262 g/mol. The molecule has 1 aromatic heterocycles. The van der Waals surface area contributed by atoms with Crippen LogP contribution in [0.5, 0.6) is 5.75 Å². The molecule has 112 valence electrons. The molecular formula is C17H23N3O. The minimum Gasteiger partial charge on any atom is -0.494 e. The molecule has 0 radical (unpaired) electrons. The van der Waals surface area contributed by atoms with Gasteiger partial charge in [0.1, 0.15) is 5.75 Å². The zero-order valence-electron chi connectivity index (χ0n) is 12.7. The lowest BCUT2D eigenvalue weighted by Gasteiger charge is -2.21. The highest BCUT2D eigenvalue weighted by Gasteiger charge is 2.16. The van der Waals surface area contributed by atoms with Crippen molar-refractivity contribution in [2.45, 2.75) is 26.3 Å². The summed E-state index contributed by atoms with van der Waals surface area (Å²) in [4.78, 5) is 4.21. The fourth-order valence-electron chi connectivity index (χ4n) is 2.31. The second-order valence-corrected chi connectivity index (χ2v) is 4.90. The molecule has 3 N–H and O–H groups in total. The molecule has 0 fully saturated rings. The second kappa shape index (κ2) is 7.64. The molecule has 21 heavy (non-hydrogen) atoms. The third-order valence-corrected chi connectivity index (χ3v) is 3.30. The molecule has 4 heteroatoms. The van der Waals surface area contributed by atoms with E-state index >= 15 is 0 Å². The maximum atomic E-state index is 6.12. The number of hydrogen-bond donors (Lipinski definition) is 2. The van der Waals surface area contributed by atoms with E-state index in [0.717, 1.165) is 35.5 Å². The number of nitrogens with one attached hydrogen (secondary N) is 1. The quantitative estimate of drug-likeness (QED) is 0.820. The average molecular weight is 285 g/mol. The van der Waals surface area contributed by atoms with Crippen molar-refractivity contribution in [2.75, 3.05) is 18.9 Å². The van der Waals surface area contributed by atoms with E-state index in [1.54, 1.807) is 6.20 Å². The highest BCUT2D eigenvalue weighted by molar-refractivity contribution is 5.50. The van der Waals surface area contributed by atoms with Crippen LogP contribution in [0.15, 0.2) is 42.7 Å². The van der Waals surface area contributed by atoms with Crippen molar-refractivity contribution in [2.24, 2.45) is 0 Å². The van der Waals surface area contributed by atoms with Crippen LogP contribution in [0.1, 0.15) is 37.4 Å². The van der Waals surface area contributed by atoms with Gasteiger partial charge in [-0.25, -0.2) is 0 Å². The number of nitrogen functional groups attached to an aromatic ring is 1. The standard InChI is InChI=1S/C17H23N3O/c1-3-9-20-17(15-12-19-10-8-16(15)18)13-6-5-7-14(11-13)21-4-2/h5-8,10-12,17,20H,3-4,9H2,1-2H3,(H2,18,19). The molecule has 2 aromatic rings. The van der Waals surface area contributed by atoms with Crippen LogP contribution in [-0.4, -0.2) is 18.1 Å². The molecule has 0 bridgehead atoms. The number of nitrogens with zero attached hydrogens (tertiary/aromatic N) is 1. The highest BCUT2D eigenvalue weighted by Crippen LogP contribution is 2.28. The molecule has 0 saturated heterocycles. The van der Waals surface area contributed by atoms with Gasteiger partial charge in [-0.2, -0.15) is 0 Å². The van der Waals surface area contributed by atoms with Crippen LogP contribution >= 0.6 is 0 Å². The molecule has 0 aliphatic rings. The number of rotatable bonds is 7. The molecule has 0 spiro atoms. The minimum absolute atomic E-state index is 0.0269. The van der Waals surface area contributed by atoms with Crippen molar-refractivity contribution in [1.82, 2.24) is 10.3 Å². The Labute approximate surface area is 126 Å². The minimum atomic E-state index is 0.0269. The number of anilines is 1. The largest absolute Gasteiger partial charge is 0.494 e. The van der Waals surface area contributed by atoms with Gasteiger partial charge in [0.05, 0.1) is 12.6 Å². The maximum absolute atomic E-state index is 6.12. The summed E-state index contributed by atoms with van der Waals surface area (Å²) in [6.45, 7) is 5.70. The Morgan fingerprint density at radius 1 is 1.29 bits per heavy atom. The first-order valence-corrected chi connectivity index (χ1v) is 7.41. The summed E-state index contributed by atoms with van der Waals surface area (Å²) in [5, 5.41) is 3.54. The summed E-state index contributed by atoms with van der Waals surface area (Å²) in [7, 11) is 0. The fraction of sp³-hybridized carbons (Fsp3) is 0.353. The Hall–Kier alpha value is -2.07. The van der Waals surface area contributed by atoms with Crippen LogP contribution in [0.25, 0.3) is 0 Å². The van der Waals surface area contributed by atoms with Gasteiger partial charge in [0.15, 0.2) is 0 Å². The summed E-state index contributed by atoms with van der Waals surface area (Å²) in [5.41, 5.74) is 9.00. The molecule has 1 unspecified atom stereocenters. The molecule has 4 nitrogen and oxygen atoms in total. The lowest BCUT2D eigenvalue weighted by atomic mass is 9.98. The fourth-order valence-corrected chi connectivity index (χ4v) is 2.31. The maximum Gasteiger partial charge on any atom is 0.119 e. The van der Waals surface area contributed by atoms with E-state index in [4.69, 9.17) is 10.5 Å². The van der Waals surface area contributed by atoms with Gasteiger partial charge in [-0.05, 0) is 43.7 Å². The van der Waals surface area contributed by atoms with Gasteiger partial charge in [0, 0.05) is 23.6 Å². The SMILES string of the molecule is CCCNC(c1cccc(OCC)c1)c1cnccc1N. The zero-order valence-corrected chi connectivity index (χ0v) is 12.7. The van der Waals surface area contributed by atoms with Gasteiger partial charge in [0.25, 0.3) is 0 Å². The zero-order chi connectivity index (χ0) is 15.1.